The number of aromatic nitrogens is 1. The quantitative estimate of drug-likeness (QED) is 0.238. The van der Waals surface area contributed by atoms with Crippen LogP contribution < -0.4 is 11.1 Å². The average Bonchev–Trinajstić information content (AvgIpc) is 3.10. The lowest BCUT2D eigenvalue weighted by atomic mass is 10.2. The topological polar surface area (TPSA) is 67.5 Å². The third kappa shape index (κ3) is 4.10. The summed E-state index contributed by atoms with van der Waals surface area (Å²) < 4.78 is 6.32. The molecule has 2 aromatic heterocycles. The Morgan fingerprint density at radius 3 is 2.96 bits per heavy atom. The van der Waals surface area contributed by atoms with Gasteiger partial charge in [0.05, 0.1) is 16.7 Å². The van der Waals surface area contributed by atoms with Crippen LogP contribution in [-0.4, -0.2) is 11.2 Å². The van der Waals surface area contributed by atoms with Gasteiger partial charge in [0.15, 0.2) is 0 Å². The van der Waals surface area contributed by atoms with E-state index in [1.54, 1.807) is 36.7 Å². The summed E-state index contributed by atoms with van der Waals surface area (Å²) in [6.07, 6.45) is 3.27. The number of hydrogen-bond acceptors (Lipinski definition) is 6. The number of hydrazone groups is 1. The fourth-order valence-electron chi connectivity index (χ4n) is 2.47. The molecule has 2 heterocycles. The number of nitrogens with one attached hydrogen (secondary N) is 1. The Balaban J connectivity index is 1.58. The Hall–Kier alpha value is -2.48. The molecule has 4 aromatic rings. The lowest BCUT2D eigenvalue weighted by Gasteiger charge is -2.00. The van der Waals surface area contributed by atoms with Gasteiger partial charge in [0.2, 0.25) is 5.13 Å². The van der Waals surface area contributed by atoms with Crippen LogP contribution in [0.15, 0.2) is 73.5 Å². The highest BCUT2D eigenvalue weighted by Gasteiger charge is 2.11. The highest BCUT2D eigenvalue weighted by molar-refractivity contribution is 9.10. The summed E-state index contributed by atoms with van der Waals surface area (Å²) in [7, 11) is 0. The van der Waals surface area contributed by atoms with Crippen molar-refractivity contribution in [2.75, 3.05) is 5.43 Å². The van der Waals surface area contributed by atoms with E-state index in [0.717, 1.165) is 15.4 Å². The predicted molar refractivity (Wildman–Crippen MR) is 114 cm³/mol. The van der Waals surface area contributed by atoms with Crippen molar-refractivity contribution in [2.24, 2.45) is 5.10 Å². The second-order valence-electron chi connectivity index (χ2n) is 5.58. The Morgan fingerprint density at radius 2 is 2.11 bits per heavy atom. The molecule has 0 bridgehead atoms. The molecule has 0 aliphatic rings. The molecule has 0 aliphatic heterocycles. The summed E-state index contributed by atoms with van der Waals surface area (Å²) in [5.74, 6) is 0. The van der Waals surface area contributed by atoms with Crippen LogP contribution in [0, 0.1) is 0 Å². The zero-order valence-corrected chi connectivity index (χ0v) is 16.8. The van der Waals surface area contributed by atoms with Gasteiger partial charge in [-0.3, -0.25) is 5.43 Å². The van der Waals surface area contributed by atoms with E-state index in [1.807, 2.05) is 24.3 Å². The Labute approximate surface area is 171 Å². The molecular formula is C19H11BrClN3O2S. The first-order chi connectivity index (χ1) is 13.1. The number of thiazole rings is 1. The van der Waals surface area contributed by atoms with Gasteiger partial charge < -0.3 is 4.42 Å². The number of fused-ring (bicyclic) bond motifs is 1. The van der Waals surface area contributed by atoms with Crippen molar-refractivity contribution < 1.29 is 4.42 Å². The maximum atomic E-state index is 12.3. The van der Waals surface area contributed by atoms with E-state index in [-0.39, 0.29) is 0 Å². The molecule has 1 N–H and O–H groups in total. The van der Waals surface area contributed by atoms with E-state index in [2.05, 4.69) is 31.4 Å². The number of benzene rings is 2. The van der Waals surface area contributed by atoms with Gasteiger partial charge >= 0.3 is 5.63 Å². The first-order valence-electron chi connectivity index (χ1n) is 7.83. The lowest BCUT2D eigenvalue weighted by Crippen LogP contribution is -2.01. The van der Waals surface area contributed by atoms with E-state index in [0.29, 0.717) is 26.2 Å². The van der Waals surface area contributed by atoms with Crippen LogP contribution in [-0.2, 0) is 0 Å². The highest BCUT2D eigenvalue weighted by Crippen LogP contribution is 2.29. The van der Waals surface area contributed by atoms with Crippen molar-refractivity contribution in [1.29, 1.82) is 0 Å². The van der Waals surface area contributed by atoms with Crippen LogP contribution in [0.2, 0.25) is 5.02 Å². The fourth-order valence-corrected chi connectivity index (χ4v) is 3.81. The first kappa shape index (κ1) is 17.9. The average molecular weight is 461 g/mol. The predicted octanol–water partition coefficient (Wildman–Crippen LogP) is 5.78. The van der Waals surface area contributed by atoms with Crippen molar-refractivity contribution in [2.45, 2.75) is 0 Å². The van der Waals surface area contributed by atoms with Crippen LogP contribution >= 0.6 is 38.9 Å². The summed E-state index contributed by atoms with van der Waals surface area (Å²) >= 11 is 10.7. The third-order valence-electron chi connectivity index (χ3n) is 3.69. The van der Waals surface area contributed by atoms with Crippen LogP contribution in [0.4, 0.5) is 5.13 Å². The molecule has 8 heteroatoms. The SMILES string of the molecule is O=c1oc2ccc(Br)cc2cc1-c1cnc(NN=Cc2cccc(Cl)c2)s1. The molecule has 0 atom stereocenters. The number of halogens is 2. The Bertz CT molecular complexity index is 1220. The minimum atomic E-state index is -0.401. The zero-order valence-electron chi connectivity index (χ0n) is 13.6. The smallest absolute Gasteiger partial charge is 0.345 e. The van der Waals surface area contributed by atoms with Crippen molar-refractivity contribution in [3.8, 4) is 10.4 Å². The normalized spacial score (nSPS) is 11.3. The van der Waals surface area contributed by atoms with Gasteiger partial charge in [-0.15, -0.1) is 0 Å². The fraction of sp³-hybridized carbons (Fsp3) is 0. The van der Waals surface area contributed by atoms with Gasteiger partial charge in [-0.25, -0.2) is 9.78 Å². The molecule has 0 radical (unpaired) electrons. The van der Waals surface area contributed by atoms with E-state index in [4.69, 9.17) is 16.0 Å². The summed E-state index contributed by atoms with van der Waals surface area (Å²) in [5, 5.41) is 6.19. The zero-order chi connectivity index (χ0) is 18.8. The highest BCUT2D eigenvalue weighted by atomic mass is 79.9. The molecule has 0 fully saturated rings. The van der Waals surface area contributed by atoms with Crippen LogP contribution in [0.5, 0.6) is 0 Å². The molecule has 0 saturated carbocycles. The lowest BCUT2D eigenvalue weighted by molar-refractivity contribution is 0.563. The Kier molecular flexibility index (Phi) is 5.07. The monoisotopic (exact) mass is 459 g/mol. The van der Waals surface area contributed by atoms with Crippen LogP contribution in [0.1, 0.15) is 5.56 Å². The first-order valence-corrected chi connectivity index (χ1v) is 9.81. The van der Waals surface area contributed by atoms with Crippen molar-refractivity contribution in [3.63, 3.8) is 0 Å². The molecule has 0 aliphatic carbocycles. The van der Waals surface area contributed by atoms with Gasteiger partial charge in [0.25, 0.3) is 0 Å². The second-order valence-corrected chi connectivity index (χ2v) is 7.97. The summed E-state index contributed by atoms with van der Waals surface area (Å²) in [6, 6.07) is 14.6. The minimum Gasteiger partial charge on any atom is -0.422 e. The van der Waals surface area contributed by atoms with Gasteiger partial charge in [0, 0.05) is 21.1 Å². The summed E-state index contributed by atoms with van der Waals surface area (Å²) in [4.78, 5) is 17.3. The number of rotatable bonds is 4. The molecule has 2 aromatic carbocycles. The van der Waals surface area contributed by atoms with E-state index < -0.39 is 5.63 Å². The van der Waals surface area contributed by atoms with Crippen LogP contribution in [0.3, 0.4) is 0 Å². The Morgan fingerprint density at radius 1 is 1.22 bits per heavy atom. The van der Waals surface area contributed by atoms with E-state index in [9.17, 15) is 4.79 Å². The molecule has 0 unspecified atom stereocenters. The van der Waals surface area contributed by atoms with Gasteiger partial charge in [-0.05, 0) is 42.0 Å². The molecule has 27 heavy (non-hydrogen) atoms. The van der Waals surface area contributed by atoms with Crippen LogP contribution in [0.25, 0.3) is 21.4 Å². The molecule has 134 valence electrons. The molecule has 4 rings (SSSR count). The molecule has 0 spiro atoms. The van der Waals surface area contributed by atoms with Crippen molar-refractivity contribution in [1.82, 2.24) is 4.98 Å². The molecular weight excluding hydrogens is 450 g/mol. The van der Waals surface area contributed by atoms with E-state index >= 15 is 0 Å². The van der Waals surface area contributed by atoms with Gasteiger partial charge in [-0.2, -0.15) is 5.10 Å². The number of nitrogens with zero attached hydrogens (tertiary/aromatic N) is 2. The number of anilines is 1. The third-order valence-corrected chi connectivity index (χ3v) is 5.35. The van der Waals surface area contributed by atoms with Crippen molar-refractivity contribution >= 4 is 61.2 Å². The van der Waals surface area contributed by atoms with Gasteiger partial charge in [0.1, 0.15) is 5.58 Å². The number of hydrogen-bond donors (Lipinski definition) is 1. The van der Waals surface area contributed by atoms with Crippen molar-refractivity contribution in [3.05, 3.63) is 80.2 Å². The molecule has 5 nitrogen and oxygen atoms in total. The standard InChI is InChI=1S/C19H11BrClN3O2S/c20-13-4-5-16-12(7-13)8-15(18(25)26-16)17-10-22-19(27-17)24-23-9-11-2-1-3-14(21)6-11/h1-10H,(H,22,24). The molecule has 0 saturated heterocycles. The maximum absolute atomic E-state index is 12.3. The second kappa shape index (κ2) is 7.64. The summed E-state index contributed by atoms with van der Waals surface area (Å²) in [5.41, 5.74) is 4.34. The molecule has 0 amide bonds. The summed E-state index contributed by atoms with van der Waals surface area (Å²) in [6.45, 7) is 0. The van der Waals surface area contributed by atoms with E-state index in [1.165, 1.54) is 11.3 Å². The maximum Gasteiger partial charge on any atom is 0.345 e. The van der Waals surface area contributed by atoms with Gasteiger partial charge in [-0.1, -0.05) is 51.0 Å². The largest absolute Gasteiger partial charge is 0.422 e. The minimum absolute atomic E-state index is 0.401.